The predicted octanol–water partition coefficient (Wildman–Crippen LogP) is 3.07. The lowest BCUT2D eigenvalue weighted by molar-refractivity contribution is -0.141. The molecule has 23 heavy (non-hydrogen) atoms. The van der Waals surface area contributed by atoms with Crippen molar-refractivity contribution in [1.29, 1.82) is 0 Å². The number of carboxylic acids is 1. The van der Waals surface area contributed by atoms with Crippen LogP contribution in [0.1, 0.15) is 30.3 Å². The molecule has 1 amide bonds. The van der Waals surface area contributed by atoms with Crippen LogP contribution in [0.4, 0.5) is 0 Å². The van der Waals surface area contributed by atoms with Gasteiger partial charge in [-0.05, 0) is 31.9 Å². The summed E-state index contributed by atoms with van der Waals surface area (Å²) in [5, 5.41) is 13.5. The number of hydrogen-bond acceptors (Lipinski definition) is 4. The van der Waals surface area contributed by atoms with Crippen LogP contribution >= 0.6 is 11.6 Å². The van der Waals surface area contributed by atoms with Crippen molar-refractivity contribution in [3.63, 3.8) is 0 Å². The summed E-state index contributed by atoms with van der Waals surface area (Å²) in [4.78, 5) is 25.2. The second kappa shape index (κ2) is 6.04. The van der Waals surface area contributed by atoms with Gasteiger partial charge in [0.25, 0.3) is 5.91 Å². The van der Waals surface area contributed by atoms with Crippen molar-refractivity contribution in [3.05, 3.63) is 41.0 Å². The molecule has 0 bridgehead atoms. The van der Waals surface area contributed by atoms with Gasteiger partial charge in [0.2, 0.25) is 0 Å². The zero-order chi connectivity index (χ0) is 16.6. The molecule has 7 heteroatoms. The average Bonchev–Trinajstić information content (AvgIpc) is 3.23. The average molecular weight is 335 g/mol. The van der Waals surface area contributed by atoms with E-state index in [9.17, 15) is 14.7 Å². The fourth-order valence-corrected chi connectivity index (χ4v) is 2.65. The van der Waals surface area contributed by atoms with Crippen molar-refractivity contribution < 1.29 is 19.2 Å². The molecule has 0 aliphatic heterocycles. The number of carbonyl (C=O) groups is 2. The summed E-state index contributed by atoms with van der Waals surface area (Å²) < 4.78 is 5.21. The second-order valence-corrected chi connectivity index (χ2v) is 5.92. The van der Waals surface area contributed by atoms with Crippen LogP contribution in [0.3, 0.4) is 0 Å². The molecule has 6 nitrogen and oxygen atoms in total. The third-order valence-electron chi connectivity index (χ3n) is 3.82. The van der Waals surface area contributed by atoms with Gasteiger partial charge in [-0.3, -0.25) is 4.79 Å². The maximum absolute atomic E-state index is 12.6. The van der Waals surface area contributed by atoms with E-state index in [4.69, 9.17) is 16.1 Å². The molecule has 1 aliphatic rings. The van der Waals surface area contributed by atoms with Gasteiger partial charge >= 0.3 is 5.97 Å². The van der Waals surface area contributed by atoms with Crippen molar-refractivity contribution in [3.8, 4) is 11.3 Å². The highest BCUT2D eigenvalue weighted by atomic mass is 35.5. The van der Waals surface area contributed by atoms with Gasteiger partial charge in [-0.1, -0.05) is 28.9 Å². The Labute approximate surface area is 137 Å². The van der Waals surface area contributed by atoms with Gasteiger partial charge in [-0.2, -0.15) is 0 Å². The minimum atomic E-state index is -1.04. The van der Waals surface area contributed by atoms with E-state index in [2.05, 4.69) is 5.16 Å². The second-order valence-electron chi connectivity index (χ2n) is 5.51. The molecule has 0 spiro atoms. The normalized spacial score (nSPS) is 15.2. The van der Waals surface area contributed by atoms with E-state index in [0.717, 1.165) is 12.8 Å². The third kappa shape index (κ3) is 3.07. The molecule has 0 saturated heterocycles. The summed E-state index contributed by atoms with van der Waals surface area (Å²) in [6.45, 7) is 1.49. The number of halogens is 1. The van der Waals surface area contributed by atoms with Crippen LogP contribution in [0.5, 0.6) is 0 Å². The fraction of sp³-hybridized carbons (Fsp3) is 0.312. The van der Waals surface area contributed by atoms with Gasteiger partial charge in [0.05, 0.1) is 5.02 Å². The first-order valence-electron chi connectivity index (χ1n) is 7.26. The van der Waals surface area contributed by atoms with Gasteiger partial charge < -0.3 is 14.5 Å². The number of aliphatic carboxylic acids is 1. The fourth-order valence-electron chi connectivity index (χ4n) is 2.43. The lowest BCUT2D eigenvalue weighted by Gasteiger charge is -2.25. The van der Waals surface area contributed by atoms with Gasteiger partial charge in [-0.15, -0.1) is 0 Å². The van der Waals surface area contributed by atoms with Crippen LogP contribution in [-0.2, 0) is 4.79 Å². The lowest BCUT2D eigenvalue weighted by Crippen LogP contribution is -2.44. The molecule has 1 aromatic carbocycles. The zero-order valence-corrected chi connectivity index (χ0v) is 13.2. The number of aromatic nitrogens is 1. The first-order chi connectivity index (χ1) is 11.0. The summed E-state index contributed by atoms with van der Waals surface area (Å²) >= 11 is 6.10. The van der Waals surface area contributed by atoms with Crippen LogP contribution in [-0.4, -0.2) is 39.1 Å². The predicted molar refractivity (Wildman–Crippen MR) is 83.2 cm³/mol. The Hall–Kier alpha value is -2.34. The van der Waals surface area contributed by atoms with E-state index in [1.807, 2.05) is 0 Å². The van der Waals surface area contributed by atoms with Crippen molar-refractivity contribution in [2.45, 2.75) is 31.8 Å². The lowest BCUT2D eigenvalue weighted by atomic mass is 10.1. The standard InChI is InChI=1S/C16H15ClN2O4/c1-9(16(21)22)19(10-6-7-10)15(20)13-8-14(23-18-13)11-4-2-3-5-12(11)17/h2-5,8-10H,6-7H2,1H3,(H,21,22). The van der Waals surface area contributed by atoms with Gasteiger partial charge in [-0.25, -0.2) is 4.79 Å². The van der Waals surface area contributed by atoms with Crippen molar-refractivity contribution in [2.24, 2.45) is 0 Å². The summed E-state index contributed by atoms with van der Waals surface area (Å²) in [5.74, 6) is -1.11. The number of carboxylic acid groups (broad SMARTS) is 1. The number of benzene rings is 1. The van der Waals surface area contributed by atoms with E-state index in [1.54, 1.807) is 24.3 Å². The smallest absolute Gasteiger partial charge is 0.326 e. The summed E-state index contributed by atoms with van der Waals surface area (Å²) in [7, 11) is 0. The monoisotopic (exact) mass is 334 g/mol. The molecular formula is C16H15ClN2O4. The molecule has 1 aliphatic carbocycles. The molecule has 120 valence electrons. The molecule has 1 heterocycles. The van der Waals surface area contributed by atoms with Gasteiger partial charge in [0, 0.05) is 17.7 Å². The minimum Gasteiger partial charge on any atom is -0.480 e. The molecule has 2 aromatic rings. The Morgan fingerprint density at radius 3 is 2.70 bits per heavy atom. The molecule has 1 N–H and O–H groups in total. The topological polar surface area (TPSA) is 83.6 Å². The first kappa shape index (κ1) is 15.6. The molecular weight excluding hydrogens is 320 g/mol. The Bertz CT molecular complexity index is 754. The van der Waals surface area contributed by atoms with Crippen LogP contribution in [0, 0.1) is 0 Å². The zero-order valence-electron chi connectivity index (χ0n) is 12.4. The number of hydrogen-bond donors (Lipinski definition) is 1. The van der Waals surface area contributed by atoms with Crippen LogP contribution < -0.4 is 0 Å². The van der Waals surface area contributed by atoms with E-state index in [0.29, 0.717) is 16.3 Å². The number of rotatable bonds is 5. The van der Waals surface area contributed by atoms with E-state index >= 15 is 0 Å². The largest absolute Gasteiger partial charge is 0.480 e. The molecule has 1 atom stereocenters. The van der Waals surface area contributed by atoms with Crippen molar-refractivity contribution in [1.82, 2.24) is 10.1 Å². The van der Waals surface area contributed by atoms with E-state index in [-0.39, 0.29) is 11.7 Å². The Kier molecular flexibility index (Phi) is 4.09. The number of nitrogens with zero attached hydrogens (tertiary/aromatic N) is 2. The van der Waals surface area contributed by atoms with Gasteiger partial charge in [0.1, 0.15) is 6.04 Å². The maximum Gasteiger partial charge on any atom is 0.326 e. The number of carbonyl (C=O) groups excluding carboxylic acids is 1. The third-order valence-corrected chi connectivity index (χ3v) is 4.15. The molecule has 3 rings (SSSR count). The highest BCUT2D eigenvalue weighted by molar-refractivity contribution is 6.33. The molecule has 1 unspecified atom stereocenters. The SMILES string of the molecule is CC(C(=O)O)N(C(=O)c1cc(-c2ccccc2Cl)on1)C1CC1. The van der Waals surface area contributed by atoms with Crippen LogP contribution in [0.15, 0.2) is 34.9 Å². The molecule has 1 fully saturated rings. The highest BCUT2D eigenvalue weighted by Crippen LogP contribution is 2.32. The maximum atomic E-state index is 12.6. The van der Waals surface area contributed by atoms with E-state index in [1.165, 1.54) is 17.9 Å². The van der Waals surface area contributed by atoms with Crippen LogP contribution in [0.25, 0.3) is 11.3 Å². The Balaban J connectivity index is 1.88. The highest BCUT2D eigenvalue weighted by Gasteiger charge is 2.39. The van der Waals surface area contributed by atoms with Crippen molar-refractivity contribution >= 4 is 23.5 Å². The summed E-state index contributed by atoms with van der Waals surface area (Å²) in [6, 6.07) is 7.60. The molecule has 1 aromatic heterocycles. The van der Waals surface area contributed by atoms with Crippen LogP contribution in [0.2, 0.25) is 5.02 Å². The quantitative estimate of drug-likeness (QED) is 0.908. The molecule has 0 radical (unpaired) electrons. The summed E-state index contributed by atoms with van der Waals surface area (Å²) in [6.07, 6.45) is 1.61. The van der Waals surface area contributed by atoms with Gasteiger partial charge in [0.15, 0.2) is 11.5 Å². The number of amides is 1. The molecule has 1 saturated carbocycles. The van der Waals surface area contributed by atoms with E-state index < -0.39 is 17.9 Å². The summed E-state index contributed by atoms with van der Waals surface area (Å²) in [5.41, 5.74) is 0.713. The first-order valence-corrected chi connectivity index (χ1v) is 7.64. The Morgan fingerprint density at radius 1 is 1.39 bits per heavy atom. The minimum absolute atomic E-state index is 0.0472. The van der Waals surface area contributed by atoms with Crippen molar-refractivity contribution in [2.75, 3.05) is 0 Å². The Morgan fingerprint density at radius 2 is 2.09 bits per heavy atom.